The van der Waals surface area contributed by atoms with Gasteiger partial charge in [-0.25, -0.2) is 4.68 Å². The van der Waals surface area contributed by atoms with Gasteiger partial charge < -0.3 is 11.1 Å². The van der Waals surface area contributed by atoms with E-state index >= 15 is 0 Å². The van der Waals surface area contributed by atoms with Crippen LogP contribution in [0.25, 0.3) is 5.69 Å². The fourth-order valence-corrected chi connectivity index (χ4v) is 4.00. The highest BCUT2D eigenvalue weighted by Crippen LogP contribution is 2.17. The predicted octanol–water partition coefficient (Wildman–Crippen LogP) is 2.67. The number of piperidine rings is 1. The van der Waals surface area contributed by atoms with Crippen molar-refractivity contribution < 1.29 is 9.59 Å². The van der Waals surface area contributed by atoms with Crippen molar-refractivity contribution >= 4 is 11.8 Å². The molecule has 1 aromatic heterocycles. The number of primary amides is 1. The molecule has 1 aliphatic rings. The zero-order chi connectivity index (χ0) is 21.8. The highest BCUT2D eigenvalue weighted by atomic mass is 16.2. The maximum absolute atomic E-state index is 12.9. The van der Waals surface area contributed by atoms with Crippen LogP contribution in [0.4, 0.5) is 0 Å². The highest BCUT2D eigenvalue weighted by Gasteiger charge is 2.23. The number of rotatable bonds is 6. The van der Waals surface area contributed by atoms with E-state index in [9.17, 15) is 9.59 Å². The van der Waals surface area contributed by atoms with Crippen molar-refractivity contribution in [2.24, 2.45) is 5.73 Å². The van der Waals surface area contributed by atoms with E-state index in [0.717, 1.165) is 43.9 Å². The number of carbonyl (C=O) groups is 2. The van der Waals surface area contributed by atoms with Crippen LogP contribution in [0.5, 0.6) is 0 Å². The number of hydrogen-bond acceptors (Lipinski definition) is 4. The third kappa shape index (κ3) is 4.83. The van der Waals surface area contributed by atoms with E-state index in [-0.39, 0.29) is 11.9 Å². The van der Waals surface area contributed by atoms with Crippen LogP contribution >= 0.6 is 0 Å². The second kappa shape index (κ2) is 9.14. The average Bonchev–Trinajstić information content (AvgIpc) is 3.17. The monoisotopic (exact) mass is 417 g/mol. The number of nitrogens with two attached hydrogens (primary N) is 1. The Hall–Kier alpha value is -3.45. The first kappa shape index (κ1) is 20.8. The van der Waals surface area contributed by atoms with Gasteiger partial charge in [-0.3, -0.25) is 14.5 Å². The summed E-state index contributed by atoms with van der Waals surface area (Å²) in [7, 11) is 0. The molecule has 2 amide bonds. The van der Waals surface area contributed by atoms with Crippen molar-refractivity contribution in [3.63, 3.8) is 0 Å². The third-order valence-corrected chi connectivity index (χ3v) is 5.82. The second-order valence-electron chi connectivity index (χ2n) is 7.98. The molecule has 7 nitrogen and oxygen atoms in total. The van der Waals surface area contributed by atoms with E-state index in [1.165, 1.54) is 5.56 Å². The van der Waals surface area contributed by atoms with Gasteiger partial charge in [0.15, 0.2) is 0 Å². The van der Waals surface area contributed by atoms with Crippen LogP contribution in [0.3, 0.4) is 0 Å². The van der Waals surface area contributed by atoms with Gasteiger partial charge in [0.25, 0.3) is 5.91 Å². The molecule has 160 valence electrons. The van der Waals surface area contributed by atoms with E-state index in [1.54, 1.807) is 35.1 Å². The smallest absolute Gasteiger partial charge is 0.254 e. The van der Waals surface area contributed by atoms with Crippen LogP contribution in [-0.2, 0) is 6.54 Å². The first-order chi connectivity index (χ1) is 15.0. The van der Waals surface area contributed by atoms with Gasteiger partial charge in [-0.15, -0.1) is 0 Å². The quantitative estimate of drug-likeness (QED) is 0.645. The zero-order valence-electron chi connectivity index (χ0n) is 17.6. The average molecular weight is 418 g/mol. The molecule has 2 aromatic carbocycles. The summed E-state index contributed by atoms with van der Waals surface area (Å²) in [5.41, 5.74) is 9.14. The molecule has 0 unspecified atom stereocenters. The van der Waals surface area contributed by atoms with E-state index in [0.29, 0.717) is 11.1 Å². The Balaban J connectivity index is 1.35. The van der Waals surface area contributed by atoms with Gasteiger partial charge in [-0.1, -0.05) is 30.3 Å². The predicted molar refractivity (Wildman–Crippen MR) is 119 cm³/mol. The molecule has 2 heterocycles. The number of nitrogens with one attached hydrogen (secondary N) is 1. The Morgan fingerprint density at radius 1 is 1.06 bits per heavy atom. The summed E-state index contributed by atoms with van der Waals surface area (Å²) in [6.45, 7) is 4.74. The van der Waals surface area contributed by atoms with Crippen molar-refractivity contribution in [1.29, 1.82) is 0 Å². The molecule has 1 saturated heterocycles. The molecule has 0 atom stereocenters. The molecule has 0 saturated carbocycles. The zero-order valence-corrected chi connectivity index (χ0v) is 17.6. The van der Waals surface area contributed by atoms with Gasteiger partial charge in [0.1, 0.15) is 0 Å². The summed E-state index contributed by atoms with van der Waals surface area (Å²) in [6, 6.07) is 17.5. The fourth-order valence-electron chi connectivity index (χ4n) is 4.00. The largest absolute Gasteiger partial charge is 0.366 e. The molecule has 0 bridgehead atoms. The van der Waals surface area contributed by atoms with Gasteiger partial charge in [0, 0.05) is 31.2 Å². The van der Waals surface area contributed by atoms with E-state index in [4.69, 9.17) is 5.73 Å². The molecule has 3 aromatic rings. The maximum atomic E-state index is 12.9. The number of benzene rings is 2. The number of nitrogens with zero attached hydrogens (tertiary/aromatic N) is 3. The number of hydrogen-bond donors (Lipinski definition) is 2. The summed E-state index contributed by atoms with van der Waals surface area (Å²) < 4.78 is 1.70. The van der Waals surface area contributed by atoms with Crippen LogP contribution in [0, 0.1) is 6.92 Å². The SMILES string of the molecule is Cc1c(C(=O)NC2CCN(Cc3ccccc3)CC2)cnn1-c1ccc(C(N)=O)cc1. The van der Waals surface area contributed by atoms with Crippen molar-refractivity contribution in [2.75, 3.05) is 13.1 Å². The van der Waals surface area contributed by atoms with Crippen molar-refractivity contribution in [3.05, 3.63) is 83.2 Å². The normalized spacial score (nSPS) is 15.0. The van der Waals surface area contributed by atoms with Crippen molar-refractivity contribution in [2.45, 2.75) is 32.4 Å². The lowest BCUT2D eigenvalue weighted by Gasteiger charge is -2.32. The van der Waals surface area contributed by atoms with Gasteiger partial charge in [0.05, 0.1) is 23.1 Å². The topological polar surface area (TPSA) is 93.2 Å². The fraction of sp³-hybridized carbons (Fsp3) is 0.292. The Labute approximate surface area is 181 Å². The molecule has 4 rings (SSSR count). The van der Waals surface area contributed by atoms with Crippen LogP contribution in [0.1, 0.15) is 44.8 Å². The van der Waals surface area contributed by atoms with E-state index < -0.39 is 5.91 Å². The number of likely N-dealkylation sites (tertiary alicyclic amines) is 1. The summed E-state index contributed by atoms with van der Waals surface area (Å²) in [4.78, 5) is 26.5. The standard InChI is InChI=1S/C24H27N5O2/c1-17-22(15-26-29(17)21-9-7-19(8-10-21)23(25)30)24(31)27-20-11-13-28(14-12-20)16-18-5-3-2-4-6-18/h2-10,15,20H,11-14,16H2,1H3,(H2,25,30)(H,27,31). The molecular weight excluding hydrogens is 390 g/mol. The Bertz CT molecular complexity index is 1050. The van der Waals surface area contributed by atoms with Crippen molar-refractivity contribution in [3.8, 4) is 5.69 Å². The molecule has 3 N–H and O–H groups in total. The Morgan fingerprint density at radius 2 is 1.74 bits per heavy atom. The third-order valence-electron chi connectivity index (χ3n) is 5.82. The van der Waals surface area contributed by atoms with Crippen LogP contribution < -0.4 is 11.1 Å². The number of aromatic nitrogens is 2. The van der Waals surface area contributed by atoms with Gasteiger partial charge in [0.2, 0.25) is 5.91 Å². The van der Waals surface area contributed by atoms with E-state index in [2.05, 4.69) is 39.6 Å². The minimum absolute atomic E-state index is 0.0981. The van der Waals surface area contributed by atoms with Gasteiger partial charge in [-0.05, 0) is 49.6 Å². The molecule has 1 fully saturated rings. The highest BCUT2D eigenvalue weighted by molar-refractivity contribution is 5.95. The molecule has 0 spiro atoms. The second-order valence-corrected chi connectivity index (χ2v) is 7.98. The van der Waals surface area contributed by atoms with Crippen LogP contribution in [0.2, 0.25) is 0 Å². The molecule has 1 aliphatic heterocycles. The maximum Gasteiger partial charge on any atom is 0.254 e. The number of carbonyl (C=O) groups excluding carboxylic acids is 2. The van der Waals surface area contributed by atoms with Gasteiger partial charge in [-0.2, -0.15) is 5.10 Å². The lowest BCUT2D eigenvalue weighted by molar-refractivity contribution is 0.0907. The molecule has 31 heavy (non-hydrogen) atoms. The minimum Gasteiger partial charge on any atom is -0.366 e. The van der Waals surface area contributed by atoms with Crippen LogP contribution in [0.15, 0.2) is 60.8 Å². The molecular formula is C24H27N5O2. The Morgan fingerprint density at radius 3 is 2.39 bits per heavy atom. The lowest BCUT2D eigenvalue weighted by Crippen LogP contribution is -2.44. The first-order valence-electron chi connectivity index (χ1n) is 10.5. The minimum atomic E-state index is -0.473. The summed E-state index contributed by atoms with van der Waals surface area (Å²) in [5.74, 6) is -0.572. The van der Waals surface area contributed by atoms with Gasteiger partial charge >= 0.3 is 0 Å². The van der Waals surface area contributed by atoms with E-state index in [1.807, 2.05) is 13.0 Å². The molecule has 0 aliphatic carbocycles. The molecule has 7 heteroatoms. The number of amides is 2. The summed E-state index contributed by atoms with van der Waals surface area (Å²) in [6.07, 6.45) is 3.46. The first-order valence-corrected chi connectivity index (χ1v) is 10.5. The Kier molecular flexibility index (Phi) is 6.13. The summed E-state index contributed by atoms with van der Waals surface area (Å²) >= 11 is 0. The summed E-state index contributed by atoms with van der Waals surface area (Å²) in [5, 5.41) is 7.53. The van der Waals surface area contributed by atoms with Crippen molar-refractivity contribution in [1.82, 2.24) is 20.0 Å². The molecule has 0 radical (unpaired) electrons. The lowest BCUT2D eigenvalue weighted by atomic mass is 10.0. The van der Waals surface area contributed by atoms with Crippen LogP contribution in [-0.4, -0.2) is 45.6 Å².